The molecule has 0 bridgehead atoms. The van der Waals surface area contributed by atoms with Gasteiger partial charge in [0.15, 0.2) is 0 Å². The van der Waals surface area contributed by atoms with Crippen molar-refractivity contribution in [3.8, 4) is 0 Å². The van der Waals surface area contributed by atoms with Crippen LogP contribution in [-0.2, 0) is 14.8 Å². The number of halogens is 1. The molecule has 1 aromatic carbocycles. The summed E-state index contributed by atoms with van der Waals surface area (Å²) >= 11 is 0. The minimum absolute atomic E-state index is 0.0136. The van der Waals surface area contributed by atoms with Gasteiger partial charge in [0.1, 0.15) is 5.82 Å². The summed E-state index contributed by atoms with van der Waals surface area (Å²) in [5.74, 6) is -0.516. The lowest BCUT2D eigenvalue weighted by Crippen LogP contribution is -2.41. The predicted molar refractivity (Wildman–Crippen MR) is 76.0 cm³/mol. The molecule has 0 spiro atoms. The number of aliphatic hydroxyl groups is 1. The van der Waals surface area contributed by atoms with Gasteiger partial charge >= 0.3 is 0 Å². The smallest absolute Gasteiger partial charge is 0.243 e. The van der Waals surface area contributed by atoms with Crippen molar-refractivity contribution in [2.45, 2.75) is 30.8 Å². The first-order chi connectivity index (χ1) is 9.95. The van der Waals surface area contributed by atoms with Gasteiger partial charge < -0.3 is 9.84 Å². The van der Waals surface area contributed by atoms with Crippen molar-refractivity contribution in [1.29, 1.82) is 0 Å². The highest BCUT2D eigenvalue weighted by Gasteiger charge is 2.30. The summed E-state index contributed by atoms with van der Waals surface area (Å²) in [4.78, 5) is -0.0136. The molecule has 0 unspecified atom stereocenters. The van der Waals surface area contributed by atoms with Gasteiger partial charge in [-0.25, -0.2) is 12.8 Å². The normalized spacial score (nSPS) is 18.0. The summed E-state index contributed by atoms with van der Waals surface area (Å²) in [5.41, 5.74) is 0.421. The minimum atomic E-state index is -3.66. The Kier molecular flexibility index (Phi) is 5.32. The van der Waals surface area contributed by atoms with Crippen molar-refractivity contribution in [2.24, 2.45) is 0 Å². The average Bonchev–Trinajstić information content (AvgIpc) is 2.48. The standard InChI is InChI=1S/C14H20FNO4S/c1-11-2-3-13(10-14(11)15)21(18,19)16-6-4-12(5-7-16)20-9-8-17/h2-3,10,12,17H,4-9H2,1H3. The largest absolute Gasteiger partial charge is 0.394 e. The summed E-state index contributed by atoms with van der Waals surface area (Å²) in [6.45, 7) is 2.50. The Balaban J connectivity index is 2.06. The second-order valence-electron chi connectivity index (χ2n) is 5.11. The van der Waals surface area contributed by atoms with E-state index in [1.54, 1.807) is 6.92 Å². The zero-order chi connectivity index (χ0) is 15.5. The number of aryl methyl sites for hydroxylation is 1. The summed E-state index contributed by atoms with van der Waals surface area (Å²) in [6, 6.07) is 3.97. The predicted octanol–water partition coefficient (Wildman–Crippen LogP) is 1.30. The van der Waals surface area contributed by atoms with Gasteiger partial charge in [0, 0.05) is 13.1 Å². The molecule has 7 heteroatoms. The third kappa shape index (κ3) is 3.79. The SMILES string of the molecule is Cc1ccc(S(=O)(=O)N2CCC(OCCO)CC2)cc1F. The van der Waals surface area contributed by atoms with Gasteiger partial charge in [-0.2, -0.15) is 4.31 Å². The fourth-order valence-corrected chi connectivity index (χ4v) is 3.82. The molecule has 0 saturated carbocycles. The Bertz CT molecular complexity index is 583. The van der Waals surface area contributed by atoms with Crippen molar-refractivity contribution in [2.75, 3.05) is 26.3 Å². The number of piperidine rings is 1. The molecule has 21 heavy (non-hydrogen) atoms. The van der Waals surface area contributed by atoms with E-state index in [9.17, 15) is 12.8 Å². The van der Waals surface area contributed by atoms with Crippen LogP contribution in [0.25, 0.3) is 0 Å². The molecule has 2 rings (SSSR count). The van der Waals surface area contributed by atoms with E-state index < -0.39 is 15.8 Å². The summed E-state index contributed by atoms with van der Waals surface area (Å²) in [5, 5.41) is 8.71. The molecule has 0 aliphatic carbocycles. The highest BCUT2D eigenvalue weighted by atomic mass is 32.2. The quantitative estimate of drug-likeness (QED) is 0.889. The maximum absolute atomic E-state index is 13.6. The third-order valence-corrected chi connectivity index (χ3v) is 5.52. The molecule has 0 amide bonds. The van der Waals surface area contributed by atoms with E-state index in [1.165, 1.54) is 16.4 Å². The van der Waals surface area contributed by atoms with Crippen LogP contribution in [0.1, 0.15) is 18.4 Å². The molecule has 1 aliphatic heterocycles. The topological polar surface area (TPSA) is 66.8 Å². The zero-order valence-electron chi connectivity index (χ0n) is 12.0. The van der Waals surface area contributed by atoms with Crippen LogP contribution in [-0.4, -0.2) is 50.2 Å². The molecule has 0 atom stereocenters. The van der Waals surface area contributed by atoms with Crippen molar-refractivity contribution in [3.05, 3.63) is 29.6 Å². The van der Waals surface area contributed by atoms with E-state index in [0.29, 0.717) is 31.5 Å². The van der Waals surface area contributed by atoms with Crippen molar-refractivity contribution >= 4 is 10.0 Å². The van der Waals surface area contributed by atoms with Crippen LogP contribution >= 0.6 is 0 Å². The lowest BCUT2D eigenvalue weighted by Gasteiger charge is -2.31. The maximum Gasteiger partial charge on any atom is 0.243 e. The van der Waals surface area contributed by atoms with Crippen LogP contribution in [0.3, 0.4) is 0 Å². The third-order valence-electron chi connectivity index (χ3n) is 3.63. The average molecular weight is 317 g/mol. The van der Waals surface area contributed by atoms with Crippen molar-refractivity contribution < 1.29 is 22.7 Å². The number of rotatable bonds is 5. The van der Waals surface area contributed by atoms with Crippen LogP contribution in [0.4, 0.5) is 4.39 Å². The van der Waals surface area contributed by atoms with Crippen molar-refractivity contribution in [3.63, 3.8) is 0 Å². The van der Waals surface area contributed by atoms with Crippen LogP contribution in [0, 0.1) is 12.7 Å². The second-order valence-corrected chi connectivity index (χ2v) is 7.05. The summed E-state index contributed by atoms with van der Waals surface area (Å²) < 4.78 is 45.2. The number of aliphatic hydroxyl groups excluding tert-OH is 1. The lowest BCUT2D eigenvalue weighted by atomic mass is 10.1. The minimum Gasteiger partial charge on any atom is -0.394 e. The van der Waals surface area contributed by atoms with Crippen LogP contribution in [0.15, 0.2) is 23.1 Å². The highest BCUT2D eigenvalue weighted by Crippen LogP contribution is 2.23. The van der Waals surface area contributed by atoms with Gasteiger partial charge in [0.25, 0.3) is 0 Å². The molecule has 1 fully saturated rings. The summed E-state index contributed by atoms with van der Waals surface area (Å²) in [6.07, 6.45) is 1.12. The second kappa shape index (κ2) is 6.83. The van der Waals surface area contributed by atoms with Crippen molar-refractivity contribution in [1.82, 2.24) is 4.31 Å². The highest BCUT2D eigenvalue weighted by molar-refractivity contribution is 7.89. The Morgan fingerprint density at radius 2 is 2.05 bits per heavy atom. The number of sulfonamides is 1. The molecule has 1 aromatic rings. The van der Waals surface area contributed by atoms with E-state index in [-0.39, 0.29) is 24.2 Å². The fraction of sp³-hybridized carbons (Fsp3) is 0.571. The molecule has 0 radical (unpaired) electrons. The van der Waals surface area contributed by atoms with Gasteiger partial charge in [0.2, 0.25) is 10.0 Å². The number of hydrogen-bond acceptors (Lipinski definition) is 4. The van der Waals surface area contributed by atoms with Crippen LogP contribution < -0.4 is 0 Å². The van der Waals surface area contributed by atoms with E-state index >= 15 is 0 Å². The Labute approximate surface area is 124 Å². The molecule has 1 saturated heterocycles. The number of ether oxygens (including phenoxy) is 1. The number of benzene rings is 1. The molecule has 0 aromatic heterocycles. The van der Waals surface area contributed by atoms with E-state index in [0.717, 1.165) is 6.07 Å². The molecular formula is C14H20FNO4S. The lowest BCUT2D eigenvalue weighted by molar-refractivity contribution is 0.00318. The van der Waals surface area contributed by atoms with Gasteiger partial charge in [-0.3, -0.25) is 0 Å². The molecule has 5 nitrogen and oxygen atoms in total. The number of nitrogens with zero attached hydrogens (tertiary/aromatic N) is 1. The first-order valence-electron chi connectivity index (χ1n) is 6.94. The molecule has 1 aliphatic rings. The maximum atomic E-state index is 13.6. The van der Waals surface area contributed by atoms with E-state index in [4.69, 9.17) is 9.84 Å². The fourth-order valence-electron chi connectivity index (χ4n) is 2.34. The van der Waals surface area contributed by atoms with Gasteiger partial charge in [0.05, 0.1) is 24.2 Å². The van der Waals surface area contributed by atoms with Gasteiger partial charge in [-0.05, 0) is 37.5 Å². The van der Waals surface area contributed by atoms with Crippen LogP contribution in [0.5, 0.6) is 0 Å². The molecular weight excluding hydrogens is 297 g/mol. The Hall–Kier alpha value is -1.02. The summed E-state index contributed by atoms with van der Waals surface area (Å²) in [7, 11) is -3.66. The zero-order valence-corrected chi connectivity index (χ0v) is 12.8. The van der Waals surface area contributed by atoms with Crippen LogP contribution in [0.2, 0.25) is 0 Å². The van der Waals surface area contributed by atoms with Gasteiger partial charge in [-0.1, -0.05) is 6.07 Å². The Morgan fingerprint density at radius 1 is 1.38 bits per heavy atom. The monoisotopic (exact) mass is 317 g/mol. The van der Waals surface area contributed by atoms with E-state index in [2.05, 4.69) is 0 Å². The Morgan fingerprint density at radius 3 is 2.62 bits per heavy atom. The van der Waals surface area contributed by atoms with Gasteiger partial charge in [-0.15, -0.1) is 0 Å². The number of hydrogen-bond donors (Lipinski definition) is 1. The molecule has 118 valence electrons. The van der Waals surface area contributed by atoms with E-state index in [1.807, 2.05) is 0 Å². The first kappa shape index (κ1) is 16.4. The first-order valence-corrected chi connectivity index (χ1v) is 8.38. The molecule has 1 heterocycles. The molecule has 1 N–H and O–H groups in total.